The van der Waals surface area contributed by atoms with E-state index in [4.69, 9.17) is 0 Å². The molecule has 1 atom stereocenters. The van der Waals surface area contributed by atoms with Crippen LogP contribution in [0, 0.1) is 6.92 Å². The second kappa shape index (κ2) is 9.54. The van der Waals surface area contributed by atoms with Crippen LogP contribution in [0.1, 0.15) is 25.3 Å². The van der Waals surface area contributed by atoms with Crippen LogP contribution in [0.2, 0.25) is 0 Å². The molecule has 0 heterocycles. The summed E-state index contributed by atoms with van der Waals surface area (Å²) in [5.41, 5.74) is 1.32. The zero-order valence-electron chi connectivity index (χ0n) is 9.35. The number of unbranched alkanes of at least 4 members (excludes halogenated alkanes) is 1. The fourth-order valence-electron chi connectivity index (χ4n) is 0.901. The van der Waals surface area contributed by atoms with E-state index in [2.05, 4.69) is 19.1 Å². The highest BCUT2D eigenvalue weighted by Crippen LogP contribution is 2.16. The van der Waals surface area contributed by atoms with Gasteiger partial charge in [0, 0.05) is 0 Å². The van der Waals surface area contributed by atoms with Crippen molar-refractivity contribution in [2.45, 2.75) is 26.7 Å². The van der Waals surface area contributed by atoms with Crippen molar-refractivity contribution >= 4 is 13.8 Å². The first-order chi connectivity index (χ1) is 7.20. The summed E-state index contributed by atoms with van der Waals surface area (Å²) in [6.45, 7) is 4.09. The Hall–Kier alpha value is -1.01. The zero-order chi connectivity index (χ0) is 11.5. The molecule has 0 radical (unpaired) electrons. The van der Waals surface area contributed by atoms with Gasteiger partial charge in [-0.3, -0.25) is 0 Å². The molecule has 2 nitrogen and oxygen atoms in total. The SMILES string of the molecule is CCCC[P+](=O)C=O.Cc1ccccc1. The third-order valence-corrected chi connectivity index (χ3v) is 2.78. The van der Waals surface area contributed by atoms with Gasteiger partial charge in [-0.15, -0.1) is 0 Å². The van der Waals surface area contributed by atoms with Crippen molar-refractivity contribution in [2.24, 2.45) is 0 Å². The van der Waals surface area contributed by atoms with E-state index in [0.29, 0.717) is 12.2 Å². The molecule has 0 aliphatic rings. The van der Waals surface area contributed by atoms with Crippen LogP contribution in [0.5, 0.6) is 0 Å². The maximum absolute atomic E-state index is 10.4. The smallest absolute Gasteiger partial charge is 0.244 e. The van der Waals surface area contributed by atoms with Crippen LogP contribution in [-0.2, 0) is 9.36 Å². The summed E-state index contributed by atoms with van der Waals surface area (Å²) in [6, 6.07) is 10.8. The van der Waals surface area contributed by atoms with E-state index in [0.717, 1.165) is 12.8 Å². The van der Waals surface area contributed by atoms with Crippen molar-refractivity contribution in [3.05, 3.63) is 35.9 Å². The Labute approximate surface area is 92.5 Å². The summed E-state index contributed by atoms with van der Waals surface area (Å²) in [4.78, 5) is 9.73. The first-order valence-corrected chi connectivity index (χ1v) is 6.62. The Bertz CT molecular complexity index is 283. The zero-order valence-corrected chi connectivity index (χ0v) is 10.2. The Kier molecular flexibility index (Phi) is 8.90. The summed E-state index contributed by atoms with van der Waals surface area (Å²) in [5.74, 6) is 0. The van der Waals surface area contributed by atoms with Crippen molar-refractivity contribution in [1.29, 1.82) is 0 Å². The summed E-state index contributed by atoms with van der Waals surface area (Å²) in [6.07, 6.45) is 2.47. The number of carbonyl (C=O) groups is 1. The van der Waals surface area contributed by atoms with Crippen LogP contribution >= 0.6 is 7.80 Å². The molecule has 15 heavy (non-hydrogen) atoms. The van der Waals surface area contributed by atoms with E-state index in [1.165, 1.54) is 5.56 Å². The molecular formula is C12H18O2P+. The van der Waals surface area contributed by atoms with E-state index in [1.807, 2.05) is 25.1 Å². The molecule has 0 fully saturated rings. The van der Waals surface area contributed by atoms with Gasteiger partial charge in [0.1, 0.15) is 0 Å². The third-order valence-electron chi connectivity index (χ3n) is 1.79. The van der Waals surface area contributed by atoms with Gasteiger partial charge in [0.2, 0.25) is 0 Å². The van der Waals surface area contributed by atoms with E-state index >= 15 is 0 Å². The number of aryl methyl sites for hydroxylation is 1. The molecule has 0 spiro atoms. The quantitative estimate of drug-likeness (QED) is 0.577. The van der Waals surface area contributed by atoms with Crippen LogP contribution in [0.25, 0.3) is 0 Å². The minimum absolute atomic E-state index is 0.533. The van der Waals surface area contributed by atoms with E-state index in [-0.39, 0.29) is 0 Å². The molecule has 0 amide bonds. The first-order valence-electron chi connectivity index (χ1n) is 5.11. The lowest BCUT2D eigenvalue weighted by Gasteiger charge is -1.82. The van der Waals surface area contributed by atoms with E-state index in [9.17, 15) is 9.36 Å². The van der Waals surface area contributed by atoms with Gasteiger partial charge in [0.15, 0.2) is 6.16 Å². The van der Waals surface area contributed by atoms with Crippen molar-refractivity contribution in [2.75, 3.05) is 6.16 Å². The lowest BCUT2D eigenvalue weighted by molar-refractivity contribution is 0.557. The third kappa shape index (κ3) is 9.30. The lowest BCUT2D eigenvalue weighted by atomic mass is 10.2. The molecule has 1 rings (SSSR count). The standard InChI is InChI=1S/C7H8.C5H10O2P/c1-7-5-3-2-4-6-7;1-2-3-4-8(7)5-6/h2-6H,1H3;5H,2-4H2,1H3/q;+1. The minimum Gasteiger partial charge on any atom is -0.244 e. The second-order valence-electron chi connectivity index (χ2n) is 3.25. The lowest BCUT2D eigenvalue weighted by Crippen LogP contribution is -1.75. The van der Waals surface area contributed by atoms with Crippen molar-refractivity contribution in [1.82, 2.24) is 0 Å². The van der Waals surface area contributed by atoms with Crippen LogP contribution in [0.4, 0.5) is 0 Å². The Morgan fingerprint density at radius 1 is 1.27 bits per heavy atom. The van der Waals surface area contributed by atoms with Crippen molar-refractivity contribution < 1.29 is 9.36 Å². The monoisotopic (exact) mass is 225 g/mol. The van der Waals surface area contributed by atoms with Gasteiger partial charge < -0.3 is 0 Å². The fourth-order valence-corrected chi connectivity index (χ4v) is 1.63. The van der Waals surface area contributed by atoms with Gasteiger partial charge in [-0.25, -0.2) is 4.79 Å². The van der Waals surface area contributed by atoms with Gasteiger partial charge in [-0.2, -0.15) is 0 Å². The number of benzene rings is 1. The van der Waals surface area contributed by atoms with Crippen LogP contribution in [0.15, 0.2) is 30.3 Å². The molecule has 0 N–H and O–H groups in total. The molecule has 1 aromatic carbocycles. The largest absolute Gasteiger partial charge is 0.411 e. The molecule has 0 saturated heterocycles. The number of hydrogen-bond acceptors (Lipinski definition) is 2. The number of rotatable bonds is 4. The fraction of sp³-hybridized carbons (Fsp3) is 0.417. The first kappa shape index (κ1) is 14.0. The predicted octanol–water partition coefficient (Wildman–Crippen LogP) is 3.80. The normalized spacial score (nSPS) is 9.87. The molecule has 82 valence electrons. The van der Waals surface area contributed by atoms with Crippen LogP contribution < -0.4 is 0 Å². The maximum Gasteiger partial charge on any atom is 0.411 e. The highest BCUT2D eigenvalue weighted by molar-refractivity contribution is 7.60. The number of hydrogen-bond donors (Lipinski definition) is 0. The number of carbonyl (C=O) groups excluding carboxylic acids is 1. The molecule has 0 saturated carbocycles. The summed E-state index contributed by atoms with van der Waals surface area (Å²) >= 11 is 0. The molecule has 0 bridgehead atoms. The van der Waals surface area contributed by atoms with Crippen molar-refractivity contribution in [3.63, 3.8) is 0 Å². The molecular weight excluding hydrogens is 207 g/mol. The van der Waals surface area contributed by atoms with Gasteiger partial charge in [0.05, 0.1) is 0 Å². The van der Waals surface area contributed by atoms with E-state index in [1.54, 1.807) is 0 Å². The maximum atomic E-state index is 10.4. The second-order valence-corrected chi connectivity index (χ2v) is 4.75. The van der Waals surface area contributed by atoms with Gasteiger partial charge >= 0.3 is 13.8 Å². The molecule has 3 heteroatoms. The predicted molar refractivity (Wildman–Crippen MR) is 65.3 cm³/mol. The van der Waals surface area contributed by atoms with Gasteiger partial charge in [0.25, 0.3) is 0 Å². The molecule has 0 aliphatic carbocycles. The molecule has 1 unspecified atom stereocenters. The van der Waals surface area contributed by atoms with Crippen LogP contribution in [-0.4, -0.2) is 12.2 Å². The Morgan fingerprint density at radius 3 is 2.20 bits per heavy atom. The van der Waals surface area contributed by atoms with Crippen molar-refractivity contribution in [3.8, 4) is 0 Å². The molecule has 0 aliphatic heterocycles. The highest BCUT2D eigenvalue weighted by atomic mass is 31.1. The minimum atomic E-state index is -1.51. The highest BCUT2D eigenvalue weighted by Gasteiger charge is 2.09. The van der Waals surface area contributed by atoms with Gasteiger partial charge in [-0.1, -0.05) is 53.8 Å². The molecule has 1 aromatic rings. The van der Waals surface area contributed by atoms with E-state index < -0.39 is 7.80 Å². The van der Waals surface area contributed by atoms with Gasteiger partial charge in [-0.05, 0) is 13.3 Å². The molecule has 0 aromatic heterocycles. The average Bonchev–Trinajstić information content (AvgIpc) is 2.28. The summed E-state index contributed by atoms with van der Waals surface area (Å²) in [7, 11) is -1.51. The summed E-state index contributed by atoms with van der Waals surface area (Å²) < 4.78 is 10.4. The Morgan fingerprint density at radius 2 is 1.87 bits per heavy atom. The Balaban J connectivity index is 0.000000262. The average molecular weight is 225 g/mol. The topological polar surface area (TPSA) is 34.1 Å². The van der Waals surface area contributed by atoms with Crippen LogP contribution in [0.3, 0.4) is 0 Å². The summed E-state index contributed by atoms with van der Waals surface area (Å²) in [5, 5.41) is 0.